The quantitative estimate of drug-likeness (QED) is 0.782. The molecular formula is C21H28N4O. The molecule has 0 atom stereocenters. The summed E-state index contributed by atoms with van der Waals surface area (Å²) in [5, 5.41) is 8.68. The predicted molar refractivity (Wildman–Crippen MR) is 102 cm³/mol. The van der Waals surface area contributed by atoms with E-state index in [1.807, 2.05) is 29.1 Å². The lowest BCUT2D eigenvalue weighted by molar-refractivity contribution is -0.137. The maximum absolute atomic E-state index is 12.8. The number of rotatable bonds is 3. The Morgan fingerprint density at radius 3 is 2.31 bits per heavy atom. The van der Waals surface area contributed by atoms with Crippen molar-refractivity contribution in [1.82, 2.24) is 19.9 Å². The molecule has 0 spiro atoms. The molecule has 2 heterocycles. The van der Waals surface area contributed by atoms with Gasteiger partial charge in [-0.15, -0.1) is 5.10 Å². The first kappa shape index (κ1) is 17.3. The Hall–Kier alpha value is -2.17. The van der Waals surface area contributed by atoms with Gasteiger partial charge in [0, 0.05) is 24.6 Å². The van der Waals surface area contributed by atoms with Crippen molar-refractivity contribution in [3.63, 3.8) is 0 Å². The Morgan fingerprint density at radius 1 is 0.923 bits per heavy atom. The van der Waals surface area contributed by atoms with Gasteiger partial charge in [-0.1, -0.05) is 61.2 Å². The third-order valence-corrected chi connectivity index (χ3v) is 5.93. The fourth-order valence-corrected chi connectivity index (χ4v) is 4.33. The molecule has 1 aliphatic heterocycles. The molecule has 1 aromatic heterocycles. The molecule has 1 saturated heterocycles. The first-order valence-corrected chi connectivity index (χ1v) is 10.1. The molecule has 0 unspecified atom stereocenters. The molecule has 4 rings (SSSR count). The highest BCUT2D eigenvalue weighted by molar-refractivity contribution is 5.79. The van der Waals surface area contributed by atoms with E-state index in [1.54, 1.807) is 0 Å². The van der Waals surface area contributed by atoms with E-state index in [-0.39, 0.29) is 5.92 Å². The normalized spacial score (nSPS) is 20.1. The van der Waals surface area contributed by atoms with Crippen molar-refractivity contribution >= 4 is 5.91 Å². The number of piperidine rings is 1. The average molecular weight is 352 g/mol. The van der Waals surface area contributed by atoms with Crippen LogP contribution in [0.4, 0.5) is 0 Å². The Bertz CT molecular complexity index is 711. The third kappa shape index (κ3) is 3.81. The number of benzene rings is 1. The van der Waals surface area contributed by atoms with Gasteiger partial charge < -0.3 is 4.90 Å². The van der Waals surface area contributed by atoms with Crippen LogP contribution in [-0.2, 0) is 4.79 Å². The van der Waals surface area contributed by atoms with Crippen molar-refractivity contribution in [2.24, 2.45) is 5.92 Å². The number of hydrogen-bond acceptors (Lipinski definition) is 3. The number of nitrogens with zero attached hydrogens (tertiary/aromatic N) is 4. The first-order chi connectivity index (χ1) is 12.8. The van der Waals surface area contributed by atoms with Gasteiger partial charge in [-0.05, 0) is 25.7 Å². The Kier molecular flexibility index (Phi) is 5.32. The highest BCUT2D eigenvalue weighted by atomic mass is 16.2. The zero-order valence-electron chi connectivity index (χ0n) is 15.4. The molecule has 5 heteroatoms. The summed E-state index contributed by atoms with van der Waals surface area (Å²) in [5.74, 6) is 0.666. The Morgan fingerprint density at radius 2 is 1.62 bits per heavy atom. The van der Waals surface area contributed by atoms with Gasteiger partial charge in [-0.3, -0.25) is 4.79 Å². The molecule has 2 aromatic rings. The van der Waals surface area contributed by atoms with Gasteiger partial charge in [0.2, 0.25) is 5.91 Å². The molecule has 138 valence electrons. The minimum absolute atomic E-state index is 0.269. The van der Waals surface area contributed by atoms with E-state index >= 15 is 0 Å². The van der Waals surface area contributed by atoms with E-state index in [9.17, 15) is 4.79 Å². The van der Waals surface area contributed by atoms with Crippen LogP contribution in [0.15, 0.2) is 36.5 Å². The van der Waals surface area contributed by atoms with Crippen molar-refractivity contribution in [3.8, 4) is 11.3 Å². The van der Waals surface area contributed by atoms with Crippen LogP contribution < -0.4 is 0 Å². The lowest BCUT2D eigenvalue weighted by atomic mass is 9.96. The van der Waals surface area contributed by atoms with Crippen LogP contribution in [0, 0.1) is 5.92 Å². The molecule has 1 saturated carbocycles. The van der Waals surface area contributed by atoms with Crippen LogP contribution in [0.2, 0.25) is 0 Å². The van der Waals surface area contributed by atoms with Crippen LogP contribution in [0.1, 0.15) is 57.4 Å². The summed E-state index contributed by atoms with van der Waals surface area (Å²) < 4.78 is 2.00. The molecule has 1 amide bonds. The summed E-state index contributed by atoms with van der Waals surface area (Å²) in [6.07, 6.45) is 11.2. The third-order valence-electron chi connectivity index (χ3n) is 5.93. The maximum atomic E-state index is 12.8. The second-order valence-corrected chi connectivity index (χ2v) is 7.69. The van der Waals surface area contributed by atoms with E-state index in [1.165, 1.54) is 25.7 Å². The fourth-order valence-electron chi connectivity index (χ4n) is 4.33. The lowest BCUT2D eigenvalue weighted by Crippen LogP contribution is -2.42. The molecule has 2 fully saturated rings. The summed E-state index contributed by atoms with van der Waals surface area (Å²) >= 11 is 0. The number of hydrogen-bond donors (Lipinski definition) is 0. The van der Waals surface area contributed by atoms with E-state index in [0.29, 0.717) is 11.9 Å². The van der Waals surface area contributed by atoms with Gasteiger partial charge in [-0.2, -0.15) is 0 Å². The number of amides is 1. The summed E-state index contributed by atoms with van der Waals surface area (Å²) in [4.78, 5) is 14.9. The maximum Gasteiger partial charge on any atom is 0.225 e. The zero-order chi connectivity index (χ0) is 17.8. The largest absolute Gasteiger partial charge is 0.342 e. The van der Waals surface area contributed by atoms with Gasteiger partial charge in [0.1, 0.15) is 5.69 Å². The van der Waals surface area contributed by atoms with Crippen LogP contribution in [-0.4, -0.2) is 38.9 Å². The first-order valence-electron chi connectivity index (χ1n) is 10.1. The van der Waals surface area contributed by atoms with Gasteiger partial charge in [-0.25, -0.2) is 4.68 Å². The van der Waals surface area contributed by atoms with Crippen molar-refractivity contribution in [1.29, 1.82) is 0 Å². The van der Waals surface area contributed by atoms with Crippen LogP contribution in [0.25, 0.3) is 11.3 Å². The van der Waals surface area contributed by atoms with E-state index in [2.05, 4.69) is 27.3 Å². The molecule has 26 heavy (non-hydrogen) atoms. The second kappa shape index (κ2) is 8.02. The molecule has 0 bridgehead atoms. The highest BCUT2D eigenvalue weighted by Crippen LogP contribution is 2.28. The summed E-state index contributed by atoms with van der Waals surface area (Å²) in [6.45, 7) is 1.70. The van der Waals surface area contributed by atoms with Gasteiger partial charge in [0.25, 0.3) is 0 Å². The summed E-state index contributed by atoms with van der Waals surface area (Å²) in [7, 11) is 0. The van der Waals surface area contributed by atoms with Crippen LogP contribution >= 0.6 is 0 Å². The van der Waals surface area contributed by atoms with Gasteiger partial charge in [0.15, 0.2) is 0 Å². The standard InChI is InChI=1S/C21H28N4O/c26-21(18-10-4-1-2-5-11-18)24-14-12-19(13-15-24)25-16-20(22-23-25)17-8-6-3-7-9-17/h3,6-9,16,18-19H,1-2,4-5,10-15H2. The molecule has 0 radical (unpaired) electrons. The number of aromatic nitrogens is 3. The second-order valence-electron chi connectivity index (χ2n) is 7.69. The number of likely N-dealkylation sites (tertiary alicyclic amines) is 1. The number of carbonyl (C=O) groups excluding carboxylic acids is 1. The van der Waals surface area contributed by atoms with Crippen LogP contribution in [0.5, 0.6) is 0 Å². The van der Waals surface area contributed by atoms with Gasteiger partial charge in [0.05, 0.1) is 12.2 Å². The Labute approximate surface area is 155 Å². The predicted octanol–water partition coefficient (Wildman–Crippen LogP) is 4.08. The monoisotopic (exact) mass is 352 g/mol. The van der Waals surface area contributed by atoms with Gasteiger partial charge >= 0.3 is 0 Å². The van der Waals surface area contributed by atoms with Crippen molar-refractivity contribution < 1.29 is 4.79 Å². The smallest absolute Gasteiger partial charge is 0.225 e. The summed E-state index contributed by atoms with van der Waals surface area (Å²) in [5.41, 5.74) is 2.02. The molecule has 2 aliphatic rings. The molecule has 1 aliphatic carbocycles. The molecular weight excluding hydrogens is 324 g/mol. The molecule has 0 N–H and O–H groups in total. The summed E-state index contributed by atoms with van der Waals surface area (Å²) in [6, 6.07) is 10.5. The minimum Gasteiger partial charge on any atom is -0.342 e. The number of carbonyl (C=O) groups is 1. The SMILES string of the molecule is O=C(C1CCCCCC1)N1CCC(n2cc(-c3ccccc3)nn2)CC1. The van der Waals surface area contributed by atoms with Crippen LogP contribution in [0.3, 0.4) is 0 Å². The van der Waals surface area contributed by atoms with Crippen molar-refractivity contribution in [3.05, 3.63) is 36.5 Å². The van der Waals surface area contributed by atoms with E-state index in [4.69, 9.17) is 0 Å². The molecule has 1 aromatic carbocycles. The lowest BCUT2D eigenvalue weighted by Gasteiger charge is -2.34. The van der Waals surface area contributed by atoms with E-state index in [0.717, 1.165) is 50.0 Å². The Balaban J connectivity index is 1.35. The topological polar surface area (TPSA) is 51.0 Å². The molecule has 5 nitrogen and oxygen atoms in total. The minimum atomic E-state index is 0.269. The fraction of sp³-hybridized carbons (Fsp3) is 0.571. The van der Waals surface area contributed by atoms with Crippen molar-refractivity contribution in [2.45, 2.75) is 57.4 Å². The zero-order valence-corrected chi connectivity index (χ0v) is 15.4. The highest BCUT2D eigenvalue weighted by Gasteiger charge is 2.29. The average Bonchev–Trinajstić information content (AvgIpc) is 3.04. The van der Waals surface area contributed by atoms with Crippen molar-refractivity contribution in [2.75, 3.05) is 13.1 Å². The van der Waals surface area contributed by atoms with E-state index < -0.39 is 0 Å².